The minimum Gasteiger partial charge on any atom is -0.307 e. The number of rotatable bonds is 1. The molecule has 1 rings (SSSR count). The zero-order valence-electron chi connectivity index (χ0n) is 4.15. The molecule has 2 nitrogen and oxygen atoms in total. The summed E-state index contributed by atoms with van der Waals surface area (Å²) in [6.45, 7) is 0.935. The van der Waals surface area contributed by atoms with E-state index in [4.69, 9.17) is 5.41 Å². The Morgan fingerprint density at radius 3 is 2.86 bits per heavy atom. The smallest absolute Gasteiger partial charge is 0.0524 e. The van der Waals surface area contributed by atoms with Crippen LogP contribution in [-0.4, -0.2) is 18.5 Å². The largest absolute Gasteiger partial charge is 0.307 e. The van der Waals surface area contributed by atoms with E-state index in [1.54, 1.807) is 0 Å². The second-order valence-electron chi connectivity index (χ2n) is 1.62. The highest BCUT2D eigenvalue weighted by Crippen LogP contribution is 2.00. The zero-order chi connectivity index (χ0) is 5.11. The minimum atomic E-state index is 0.935. The van der Waals surface area contributed by atoms with Crippen molar-refractivity contribution in [3.8, 4) is 0 Å². The summed E-state index contributed by atoms with van der Waals surface area (Å²) in [6.07, 6.45) is 3.50. The molecule has 0 saturated heterocycles. The first kappa shape index (κ1) is 4.50. The van der Waals surface area contributed by atoms with Crippen LogP contribution >= 0.6 is 0 Å². The number of nitrogens with zero attached hydrogens (tertiary/aromatic N) is 1. The standard InChI is InChI=1S/C5H8N2/c6-4-5-2-1-3-7-5/h4,6H,1-3H2. The van der Waals surface area contributed by atoms with Crippen LogP contribution in [0.5, 0.6) is 0 Å². The predicted octanol–water partition coefficient (Wildman–Crippen LogP) is 0.871. The van der Waals surface area contributed by atoms with E-state index in [1.165, 1.54) is 6.21 Å². The van der Waals surface area contributed by atoms with E-state index in [0.717, 1.165) is 25.1 Å². The lowest BCUT2D eigenvalue weighted by atomic mass is 10.3. The first-order valence-electron chi connectivity index (χ1n) is 2.47. The third-order valence-corrected chi connectivity index (χ3v) is 1.07. The highest BCUT2D eigenvalue weighted by Gasteiger charge is 1.99. The molecule has 7 heavy (non-hydrogen) atoms. The fourth-order valence-corrected chi connectivity index (χ4v) is 0.680. The first-order valence-corrected chi connectivity index (χ1v) is 2.47. The van der Waals surface area contributed by atoms with Crippen LogP contribution in [0.25, 0.3) is 0 Å². The molecular formula is C5H8N2. The van der Waals surface area contributed by atoms with Gasteiger partial charge in [0, 0.05) is 12.8 Å². The minimum absolute atomic E-state index is 0.935. The maximum atomic E-state index is 6.74. The van der Waals surface area contributed by atoms with Gasteiger partial charge in [-0.15, -0.1) is 0 Å². The van der Waals surface area contributed by atoms with Crippen molar-refractivity contribution < 1.29 is 0 Å². The van der Waals surface area contributed by atoms with Crippen LogP contribution in [0.4, 0.5) is 0 Å². The molecule has 0 amide bonds. The highest BCUT2D eigenvalue weighted by atomic mass is 14.8. The van der Waals surface area contributed by atoms with Crippen molar-refractivity contribution in [2.24, 2.45) is 4.99 Å². The summed E-state index contributed by atoms with van der Waals surface area (Å²) >= 11 is 0. The molecule has 0 aromatic heterocycles. The number of hydrogen-bond donors (Lipinski definition) is 1. The lowest BCUT2D eigenvalue weighted by Crippen LogP contribution is -1.90. The third kappa shape index (κ3) is 0.856. The Hall–Kier alpha value is -0.660. The van der Waals surface area contributed by atoms with Gasteiger partial charge in [0.1, 0.15) is 0 Å². The topological polar surface area (TPSA) is 36.2 Å². The van der Waals surface area contributed by atoms with Crippen LogP contribution < -0.4 is 0 Å². The lowest BCUT2D eigenvalue weighted by molar-refractivity contribution is 0.952. The predicted molar refractivity (Wildman–Crippen MR) is 30.3 cm³/mol. The molecule has 0 aromatic rings. The molecule has 0 aromatic carbocycles. The number of nitrogens with one attached hydrogen (secondary N) is 1. The summed E-state index contributed by atoms with van der Waals surface area (Å²) in [4.78, 5) is 4.03. The molecule has 1 aliphatic heterocycles. The van der Waals surface area contributed by atoms with E-state index in [9.17, 15) is 0 Å². The monoisotopic (exact) mass is 96.1 g/mol. The Labute approximate surface area is 42.8 Å². The van der Waals surface area contributed by atoms with Crippen molar-refractivity contribution in [1.82, 2.24) is 0 Å². The van der Waals surface area contributed by atoms with Crippen molar-refractivity contribution in [1.29, 1.82) is 5.41 Å². The molecule has 0 aliphatic carbocycles. The fourth-order valence-electron chi connectivity index (χ4n) is 0.680. The Kier molecular flexibility index (Phi) is 1.20. The molecule has 0 atom stereocenters. The molecule has 38 valence electrons. The van der Waals surface area contributed by atoms with E-state index in [-0.39, 0.29) is 0 Å². The van der Waals surface area contributed by atoms with Crippen LogP contribution in [0.1, 0.15) is 12.8 Å². The summed E-state index contributed by atoms with van der Waals surface area (Å²) < 4.78 is 0. The van der Waals surface area contributed by atoms with Gasteiger partial charge in [0.2, 0.25) is 0 Å². The van der Waals surface area contributed by atoms with Gasteiger partial charge < -0.3 is 5.41 Å². The van der Waals surface area contributed by atoms with Crippen LogP contribution in [0.3, 0.4) is 0 Å². The molecule has 0 radical (unpaired) electrons. The Morgan fingerprint density at radius 2 is 2.57 bits per heavy atom. The molecule has 0 saturated carbocycles. The molecule has 2 heteroatoms. The van der Waals surface area contributed by atoms with Gasteiger partial charge in [-0.2, -0.15) is 0 Å². The lowest BCUT2D eigenvalue weighted by Gasteiger charge is -1.78. The second kappa shape index (κ2) is 1.87. The third-order valence-electron chi connectivity index (χ3n) is 1.07. The van der Waals surface area contributed by atoms with E-state index >= 15 is 0 Å². The molecule has 0 spiro atoms. The fraction of sp³-hybridized carbons (Fsp3) is 0.600. The van der Waals surface area contributed by atoms with Crippen molar-refractivity contribution in [2.75, 3.05) is 6.54 Å². The Balaban J connectivity index is 2.51. The van der Waals surface area contributed by atoms with E-state index in [0.29, 0.717) is 0 Å². The average Bonchev–Trinajstić information content (AvgIpc) is 2.14. The van der Waals surface area contributed by atoms with Crippen LogP contribution in [-0.2, 0) is 0 Å². The summed E-state index contributed by atoms with van der Waals surface area (Å²) in [5.41, 5.74) is 0.958. The van der Waals surface area contributed by atoms with Gasteiger partial charge >= 0.3 is 0 Å². The normalized spacial score (nSPS) is 19.1. The van der Waals surface area contributed by atoms with Gasteiger partial charge in [-0.25, -0.2) is 0 Å². The van der Waals surface area contributed by atoms with Crippen molar-refractivity contribution in [3.63, 3.8) is 0 Å². The summed E-state index contributed by atoms with van der Waals surface area (Å²) in [7, 11) is 0. The quantitative estimate of drug-likeness (QED) is 0.470. The molecular weight excluding hydrogens is 88.1 g/mol. The van der Waals surface area contributed by atoms with Gasteiger partial charge in [-0.05, 0) is 12.8 Å². The van der Waals surface area contributed by atoms with E-state index in [2.05, 4.69) is 4.99 Å². The van der Waals surface area contributed by atoms with Gasteiger partial charge in [0.15, 0.2) is 0 Å². The van der Waals surface area contributed by atoms with Crippen molar-refractivity contribution in [2.45, 2.75) is 12.8 Å². The van der Waals surface area contributed by atoms with Crippen LogP contribution in [0.15, 0.2) is 4.99 Å². The average molecular weight is 96.1 g/mol. The van der Waals surface area contributed by atoms with Gasteiger partial charge in [0.05, 0.1) is 5.71 Å². The van der Waals surface area contributed by atoms with Crippen LogP contribution in [0, 0.1) is 5.41 Å². The van der Waals surface area contributed by atoms with E-state index in [1.807, 2.05) is 0 Å². The second-order valence-corrected chi connectivity index (χ2v) is 1.62. The van der Waals surface area contributed by atoms with Crippen molar-refractivity contribution in [3.05, 3.63) is 0 Å². The van der Waals surface area contributed by atoms with Gasteiger partial charge in [-0.1, -0.05) is 0 Å². The summed E-state index contributed by atoms with van der Waals surface area (Å²) in [5, 5.41) is 6.74. The number of hydrogen-bond acceptors (Lipinski definition) is 2. The van der Waals surface area contributed by atoms with Crippen LogP contribution in [0.2, 0.25) is 0 Å². The Morgan fingerprint density at radius 1 is 1.71 bits per heavy atom. The van der Waals surface area contributed by atoms with Gasteiger partial charge in [0.25, 0.3) is 0 Å². The summed E-state index contributed by atoms with van der Waals surface area (Å²) in [5.74, 6) is 0. The van der Waals surface area contributed by atoms with Crippen molar-refractivity contribution >= 4 is 11.9 Å². The van der Waals surface area contributed by atoms with E-state index < -0.39 is 0 Å². The molecule has 0 unspecified atom stereocenters. The molecule has 0 bridgehead atoms. The maximum absolute atomic E-state index is 6.74. The SMILES string of the molecule is N=CC1=NCCC1. The number of aliphatic imine (C=N–C) groups is 1. The maximum Gasteiger partial charge on any atom is 0.0524 e. The Bertz CT molecular complexity index is 105. The van der Waals surface area contributed by atoms with Gasteiger partial charge in [-0.3, -0.25) is 4.99 Å². The molecule has 1 N–H and O–H groups in total. The zero-order valence-corrected chi connectivity index (χ0v) is 4.15. The molecule has 0 fully saturated rings. The summed E-state index contributed by atoms with van der Waals surface area (Å²) in [6, 6.07) is 0. The molecule has 1 heterocycles. The first-order chi connectivity index (χ1) is 3.43. The highest BCUT2D eigenvalue weighted by molar-refractivity contribution is 6.29. The molecule has 1 aliphatic rings.